The predicted molar refractivity (Wildman–Crippen MR) is 91.6 cm³/mol. The zero-order chi connectivity index (χ0) is 19.2. The fourth-order valence-electron chi connectivity index (χ4n) is 2.79. The van der Waals surface area contributed by atoms with Gasteiger partial charge in [0.15, 0.2) is 4.80 Å². The molecule has 1 fully saturated rings. The highest BCUT2D eigenvalue weighted by Gasteiger charge is 2.35. The molecule has 1 aromatic carbocycles. The third kappa shape index (κ3) is 3.51. The number of aromatic nitrogens is 2. The second kappa shape index (κ2) is 6.56. The zero-order valence-electron chi connectivity index (χ0n) is 13.8. The van der Waals surface area contributed by atoms with Crippen molar-refractivity contribution in [3.8, 4) is 0 Å². The summed E-state index contributed by atoms with van der Waals surface area (Å²) in [6, 6.07) is 6.21. The van der Waals surface area contributed by atoms with Crippen LogP contribution in [0.3, 0.4) is 0 Å². The molecular weight excluding hydrogens is 382 g/mol. The fraction of sp³-hybridized carbons (Fsp3) is 0.278. The number of amides is 1. The Morgan fingerprint density at radius 3 is 2.74 bits per heavy atom. The molecule has 140 valence electrons. The minimum absolute atomic E-state index is 0.303. The summed E-state index contributed by atoms with van der Waals surface area (Å²) < 4.78 is 54.7. The van der Waals surface area contributed by atoms with Crippen molar-refractivity contribution in [2.24, 2.45) is 10.9 Å². The Balaban J connectivity index is 1.81. The quantitative estimate of drug-likeness (QED) is 0.617. The molecule has 0 bridgehead atoms. The van der Waals surface area contributed by atoms with Gasteiger partial charge in [-0.05, 0) is 43.0 Å². The highest BCUT2D eigenvalue weighted by atomic mass is 32.1. The summed E-state index contributed by atoms with van der Waals surface area (Å²) in [6.07, 6.45) is -1.13. The Morgan fingerprint density at radius 2 is 2.04 bits per heavy atom. The second-order valence-corrected chi connectivity index (χ2v) is 7.30. The monoisotopic (exact) mass is 395 g/mol. The van der Waals surface area contributed by atoms with Gasteiger partial charge in [0.2, 0.25) is 0 Å². The van der Waals surface area contributed by atoms with E-state index in [1.54, 1.807) is 12.3 Å². The Kier molecular flexibility index (Phi) is 4.33. The van der Waals surface area contributed by atoms with E-state index in [-0.39, 0.29) is 0 Å². The number of fused-ring (bicyclic) bond motifs is 1. The first-order valence-corrected chi connectivity index (χ1v) is 9.05. The van der Waals surface area contributed by atoms with E-state index in [1.807, 2.05) is 10.6 Å². The first-order valence-electron chi connectivity index (χ1n) is 8.23. The predicted octanol–water partition coefficient (Wildman–Crippen LogP) is 4.41. The summed E-state index contributed by atoms with van der Waals surface area (Å²) in [5.74, 6) is -2.18. The van der Waals surface area contributed by atoms with Gasteiger partial charge in [-0.15, -0.1) is 0 Å². The summed E-state index contributed by atoms with van der Waals surface area (Å²) >= 11 is 1.15. The number of carbonyl (C=O) groups is 1. The van der Waals surface area contributed by atoms with Crippen LogP contribution in [-0.4, -0.2) is 15.5 Å². The average Bonchev–Trinajstić information content (AvgIpc) is 3.36. The molecule has 9 heteroatoms. The van der Waals surface area contributed by atoms with E-state index in [9.17, 15) is 22.4 Å². The van der Waals surface area contributed by atoms with Gasteiger partial charge in [0.25, 0.3) is 5.91 Å². The van der Waals surface area contributed by atoms with Crippen LogP contribution in [0.5, 0.6) is 0 Å². The van der Waals surface area contributed by atoms with Gasteiger partial charge in [-0.1, -0.05) is 17.4 Å². The van der Waals surface area contributed by atoms with E-state index in [0.29, 0.717) is 28.2 Å². The van der Waals surface area contributed by atoms with Gasteiger partial charge in [-0.2, -0.15) is 18.2 Å². The molecule has 1 aliphatic carbocycles. The third-order valence-electron chi connectivity index (χ3n) is 4.33. The normalized spacial score (nSPS) is 15.5. The van der Waals surface area contributed by atoms with Crippen LogP contribution in [0.2, 0.25) is 0 Å². The molecular formula is C18H13F4N3OS. The van der Waals surface area contributed by atoms with Gasteiger partial charge < -0.3 is 4.57 Å². The minimum atomic E-state index is -4.88. The highest BCUT2D eigenvalue weighted by molar-refractivity contribution is 7.15. The van der Waals surface area contributed by atoms with Crippen LogP contribution in [0, 0.1) is 11.7 Å². The molecule has 0 spiro atoms. The molecule has 0 atom stereocenters. The first kappa shape index (κ1) is 17.8. The van der Waals surface area contributed by atoms with Crippen LogP contribution in [0.15, 0.2) is 41.5 Å². The molecule has 0 radical (unpaired) electrons. The molecule has 2 aromatic heterocycles. The van der Waals surface area contributed by atoms with E-state index in [4.69, 9.17) is 0 Å². The summed E-state index contributed by atoms with van der Waals surface area (Å²) in [6.45, 7) is 0.642. The first-order chi connectivity index (χ1) is 12.8. The van der Waals surface area contributed by atoms with Crippen molar-refractivity contribution >= 4 is 27.6 Å². The summed E-state index contributed by atoms with van der Waals surface area (Å²) in [5.41, 5.74) is -1.38. The van der Waals surface area contributed by atoms with Crippen molar-refractivity contribution in [1.29, 1.82) is 0 Å². The number of carbonyl (C=O) groups excluding carboxylic acids is 1. The smallest absolute Gasteiger partial charge is 0.315 e. The zero-order valence-corrected chi connectivity index (χ0v) is 14.6. The van der Waals surface area contributed by atoms with Crippen LogP contribution in [0.25, 0.3) is 10.3 Å². The molecule has 0 aliphatic heterocycles. The Bertz CT molecular complexity index is 1100. The van der Waals surface area contributed by atoms with Gasteiger partial charge in [-0.3, -0.25) is 4.79 Å². The highest BCUT2D eigenvalue weighted by Crippen LogP contribution is 2.33. The number of pyridine rings is 1. The van der Waals surface area contributed by atoms with E-state index >= 15 is 0 Å². The summed E-state index contributed by atoms with van der Waals surface area (Å²) in [7, 11) is 0. The number of rotatable bonds is 3. The lowest BCUT2D eigenvalue weighted by atomic mass is 10.1. The molecule has 1 aliphatic rings. The minimum Gasteiger partial charge on any atom is -0.315 e. The molecule has 2 heterocycles. The molecule has 4 rings (SSSR count). The van der Waals surface area contributed by atoms with Crippen molar-refractivity contribution in [3.05, 3.63) is 58.3 Å². The molecule has 1 amide bonds. The van der Waals surface area contributed by atoms with Crippen molar-refractivity contribution in [3.63, 3.8) is 0 Å². The Morgan fingerprint density at radius 1 is 1.26 bits per heavy atom. The maximum Gasteiger partial charge on any atom is 0.419 e. The van der Waals surface area contributed by atoms with Crippen LogP contribution >= 0.6 is 11.3 Å². The maximum atomic E-state index is 14.2. The SMILES string of the molecule is O=C(N=c1sc2ncccc2n1CC1CC1)c1cccc(C(F)(F)F)c1F. The molecule has 0 unspecified atom stereocenters. The number of hydrogen-bond donors (Lipinski definition) is 0. The van der Waals surface area contributed by atoms with Crippen molar-refractivity contribution < 1.29 is 22.4 Å². The molecule has 3 aromatic rings. The average molecular weight is 395 g/mol. The summed E-state index contributed by atoms with van der Waals surface area (Å²) in [5, 5.41) is 0. The number of thiazole rings is 1. The Labute approximate surface area is 154 Å². The van der Waals surface area contributed by atoms with E-state index < -0.39 is 29.0 Å². The molecule has 27 heavy (non-hydrogen) atoms. The van der Waals surface area contributed by atoms with Gasteiger partial charge in [0, 0.05) is 12.7 Å². The number of hydrogen-bond acceptors (Lipinski definition) is 3. The standard InChI is InChI=1S/C18H13F4N3OS/c19-14-11(3-1-4-12(14)18(20,21)22)15(26)24-17-25(9-10-6-7-10)13-5-2-8-23-16(13)27-17/h1-5,8,10H,6-7,9H2. The van der Waals surface area contributed by atoms with E-state index in [1.165, 1.54) is 0 Å². The van der Waals surface area contributed by atoms with E-state index in [2.05, 4.69) is 9.98 Å². The van der Waals surface area contributed by atoms with Crippen molar-refractivity contribution in [2.45, 2.75) is 25.6 Å². The number of nitrogens with zero attached hydrogens (tertiary/aromatic N) is 3. The van der Waals surface area contributed by atoms with Gasteiger partial charge >= 0.3 is 6.18 Å². The fourth-order valence-corrected chi connectivity index (χ4v) is 3.77. The lowest BCUT2D eigenvalue weighted by molar-refractivity contribution is -0.140. The molecule has 0 N–H and O–H groups in total. The summed E-state index contributed by atoms with van der Waals surface area (Å²) in [4.78, 5) is 21.6. The maximum absolute atomic E-state index is 14.2. The van der Waals surface area contributed by atoms with E-state index in [0.717, 1.165) is 41.8 Å². The molecule has 4 nitrogen and oxygen atoms in total. The van der Waals surface area contributed by atoms with Gasteiger partial charge in [-0.25, -0.2) is 9.37 Å². The second-order valence-electron chi connectivity index (χ2n) is 6.35. The van der Waals surface area contributed by atoms with Gasteiger partial charge in [0.05, 0.1) is 16.6 Å². The Hall–Kier alpha value is -2.55. The topological polar surface area (TPSA) is 47.2 Å². The van der Waals surface area contributed by atoms with Crippen LogP contribution < -0.4 is 4.80 Å². The lowest BCUT2D eigenvalue weighted by Gasteiger charge is -2.09. The van der Waals surface area contributed by atoms with Crippen LogP contribution in [0.1, 0.15) is 28.8 Å². The van der Waals surface area contributed by atoms with Crippen molar-refractivity contribution in [1.82, 2.24) is 9.55 Å². The third-order valence-corrected chi connectivity index (χ3v) is 5.33. The van der Waals surface area contributed by atoms with Crippen LogP contribution in [0.4, 0.5) is 17.6 Å². The largest absolute Gasteiger partial charge is 0.419 e. The number of benzene rings is 1. The van der Waals surface area contributed by atoms with Crippen molar-refractivity contribution in [2.75, 3.05) is 0 Å². The molecule has 0 saturated heterocycles. The van der Waals surface area contributed by atoms with Crippen LogP contribution in [-0.2, 0) is 12.7 Å². The number of halogens is 4. The molecule has 1 saturated carbocycles. The van der Waals surface area contributed by atoms with Gasteiger partial charge in [0.1, 0.15) is 10.6 Å². The lowest BCUT2D eigenvalue weighted by Crippen LogP contribution is -2.19. The number of alkyl halides is 3.